The Morgan fingerprint density at radius 1 is 1.00 bits per heavy atom. The van der Waals surface area contributed by atoms with Crippen molar-refractivity contribution < 1.29 is 29.9 Å². The molecule has 5 atom stereocenters. The molecule has 1 aromatic rings. The second kappa shape index (κ2) is 8.18. The van der Waals surface area contributed by atoms with Crippen LogP contribution in [0.4, 0.5) is 0 Å². The van der Waals surface area contributed by atoms with Crippen LogP contribution in [0.3, 0.4) is 0 Å². The average molecular weight is 286 g/mol. The van der Waals surface area contributed by atoms with Gasteiger partial charge in [-0.3, -0.25) is 0 Å². The third-order valence-electron chi connectivity index (χ3n) is 3.08. The first-order valence-electron chi connectivity index (χ1n) is 6.40. The summed E-state index contributed by atoms with van der Waals surface area (Å²) in [5.41, 5.74) is 0. The number of rotatable bonds is 8. The Hall–Kier alpha value is -1.18. The van der Waals surface area contributed by atoms with E-state index in [2.05, 4.69) is 0 Å². The van der Waals surface area contributed by atoms with Crippen molar-refractivity contribution in [3.63, 3.8) is 0 Å². The molecule has 0 aliphatic rings. The van der Waals surface area contributed by atoms with Gasteiger partial charge in [-0.25, -0.2) is 0 Å². The molecule has 6 heteroatoms. The van der Waals surface area contributed by atoms with Crippen molar-refractivity contribution in [2.75, 3.05) is 13.7 Å². The molecule has 0 aromatic heterocycles. The zero-order valence-electron chi connectivity index (χ0n) is 11.6. The summed E-state index contributed by atoms with van der Waals surface area (Å²) in [4.78, 5) is 0. The number of para-hydroxylation sites is 1. The number of aliphatic hydroxyl groups excluding tert-OH is 4. The molecule has 0 bridgehead atoms. The van der Waals surface area contributed by atoms with Crippen LogP contribution in [0.5, 0.6) is 5.75 Å². The highest BCUT2D eigenvalue weighted by atomic mass is 16.7. The molecule has 0 fully saturated rings. The van der Waals surface area contributed by atoms with Crippen LogP contribution < -0.4 is 4.74 Å². The standard InChI is InChI=1S/C14H22O6/c1-9(8-15)11(16)12(17)13(18)14(19-2)20-10-6-4-3-5-7-10/h3-7,9,11-18H,8H2,1-2H3. The molecule has 4 N–H and O–H groups in total. The highest BCUT2D eigenvalue weighted by Gasteiger charge is 2.35. The van der Waals surface area contributed by atoms with Crippen LogP contribution in [0.2, 0.25) is 0 Å². The summed E-state index contributed by atoms with van der Waals surface area (Å²) < 4.78 is 10.4. The van der Waals surface area contributed by atoms with Gasteiger partial charge in [-0.05, 0) is 12.1 Å². The van der Waals surface area contributed by atoms with E-state index in [0.29, 0.717) is 5.75 Å². The van der Waals surface area contributed by atoms with Gasteiger partial charge < -0.3 is 29.9 Å². The molecule has 0 saturated carbocycles. The first-order chi connectivity index (χ1) is 9.51. The van der Waals surface area contributed by atoms with Crippen LogP contribution >= 0.6 is 0 Å². The van der Waals surface area contributed by atoms with E-state index in [9.17, 15) is 15.3 Å². The van der Waals surface area contributed by atoms with E-state index in [0.717, 1.165) is 0 Å². The van der Waals surface area contributed by atoms with Crippen molar-refractivity contribution in [3.8, 4) is 5.75 Å². The van der Waals surface area contributed by atoms with Crippen LogP contribution in [-0.2, 0) is 4.74 Å². The lowest BCUT2D eigenvalue weighted by atomic mass is 9.97. The molecule has 0 radical (unpaired) electrons. The van der Waals surface area contributed by atoms with E-state index in [4.69, 9.17) is 14.6 Å². The Bertz CT molecular complexity index is 371. The lowest BCUT2D eigenvalue weighted by Gasteiger charge is -2.30. The summed E-state index contributed by atoms with van der Waals surface area (Å²) in [5, 5.41) is 38.6. The summed E-state index contributed by atoms with van der Waals surface area (Å²) in [6, 6.07) is 8.68. The Morgan fingerprint density at radius 2 is 1.60 bits per heavy atom. The van der Waals surface area contributed by atoms with E-state index in [1.54, 1.807) is 31.2 Å². The molecule has 20 heavy (non-hydrogen) atoms. The van der Waals surface area contributed by atoms with Crippen LogP contribution in [0, 0.1) is 5.92 Å². The highest BCUT2D eigenvalue weighted by molar-refractivity contribution is 5.21. The molecule has 6 nitrogen and oxygen atoms in total. The minimum atomic E-state index is -1.49. The van der Waals surface area contributed by atoms with Crippen LogP contribution in [-0.4, -0.2) is 58.7 Å². The van der Waals surface area contributed by atoms with Gasteiger partial charge in [0.15, 0.2) is 0 Å². The van der Waals surface area contributed by atoms with Gasteiger partial charge in [0.1, 0.15) is 18.0 Å². The number of ether oxygens (including phenoxy) is 2. The lowest BCUT2D eigenvalue weighted by Crippen LogP contribution is -2.49. The molecule has 114 valence electrons. The van der Waals surface area contributed by atoms with Crippen molar-refractivity contribution >= 4 is 0 Å². The lowest BCUT2D eigenvalue weighted by molar-refractivity contribution is -0.184. The summed E-state index contributed by atoms with van der Waals surface area (Å²) in [7, 11) is 1.32. The molecular weight excluding hydrogens is 264 g/mol. The van der Waals surface area contributed by atoms with Gasteiger partial charge in [-0.1, -0.05) is 25.1 Å². The van der Waals surface area contributed by atoms with E-state index < -0.39 is 30.5 Å². The van der Waals surface area contributed by atoms with E-state index >= 15 is 0 Å². The van der Waals surface area contributed by atoms with Crippen molar-refractivity contribution in [2.24, 2.45) is 5.92 Å². The molecule has 1 aromatic carbocycles. The number of benzene rings is 1. The minimum Gasteiger partial charge on any atom is -0.462 e. The molecule has 0 amide bonds. The van der Waals surface area contributed by atoms with Crippen molar-refractivity contribution in [1.82, 2.24) is 0 Å². The number of hydrogen-bond donors (Lipinski definition) is 4. The predicted molar refractivity (Wildman–Crippen MR) is 72.1 cm³/mol. The van der Waals surface area contributed by atoms with Crippen molar-refractivity contribution in [2.45, 2.75) is 31.5 Å². The third kappa shape index (κ3) is 4.43. The van der Waals surface area contributed by atoms with Crippen LogP contribution in [0.25, 0.3) is 0 Å². The van der Waals surface area contributed by atoms with E-state index in [1.165, 1.54) is 7.11 Å². The second-order valence-electron chi connectivity index (χ2n) is 4.67. The zero-order chi connectivity index (χ0) is 15.1. The fourth-order valence-electron chi connectivity index (χ4n) is 1.70. The van der Waals surface area contributed by atoms with Crippen molar-refractivity contribution in [1.29, 1.82) is 0 Å². The smallest absolute Gasteiger partial charge is 0.228 e. The fraction of sp³-hybridized carbons (Fsp3) is 0.571. The molecule has 0 saturated heterocycles. The maximum absolute atomic E-state index is 10.0. The SMILES string of the molecule is COC(Oc1ccccc1)C(O)C(O)C(O)C(C)CO. The first-order valence-corrected chi connectivity index (χ1v) is 6.40. The van der Waals surface area contributed by atoms with Gasteiger partial charge in [-0.2, -0.15) is 0 Å². The van der Waals surface area contributed by atoms with Crippen LogP contribution in [0.15, 0.2) is 30.3 Å². The zero-order valence-corrected chi connectivity index (χ0v) is 11.6. The highest BCUT2D eigenvalue weighted by Crippen LogP contribution is 2.18. The Balaban J connectivity index is 2.69. The normalized spacial score (nSPS) is 18.9. The van der Waals surface area contributed by atoms with Gasteiger partial charge in [0, 0.05) is 19.6 Å². The summed E-state index contributed by atoms with van der Waals surface area (Å²) >= 11 is 0. The topological polar surface area (TPSA) is 99.4 Å². The van der Waals surface area contributed by atoms with Gasteiger partial charge in [0.05, 0.1) is 6.10 Å². The van der Waals surface area contributed by atoms with E-state index in [-0.39, 0.29) is 6.61 Å². The monoisotopic (exact) mass is 286 g/mol. The quantitative estimate of drug-likeness (QED) is 0.492. The molecular formula is C14H22O6. The Kier molecular flexibility index (Phi) is 6.90. The third-order valence-corrected chi connectivity index (χ3v) is 3.08. The Labute approximate surface area is 118 Å². The predicted octanol–water partition coefficient (Wildman–Crippen LogP) is -0.251. The first kappa shape index (κ1) is 16.9. The number of methoxy groups -OCH3 is 1. The molecule has 0 spiro atoms. The second-order valence-corrected chi connectivity index (χ2v) is 4.67. The summed E-state index contributed by atoms with van der Waals surface area (Å²) in [5.74, 6) is -0.107. The van der Waals surface area contributed by atoms with E-state index in [1.807, 2.05) is 6.07 Å². The number of aliphatic hydroxyl groups is 4. The molecule has 5 unspecified atom stereocenters. The van der Waals surface area contributed by atoms with Gasteiger partial charge in [0.2, 0.25) is 6.29 Å². The molecule has 0 aliphatic heterocycles. The van der Waals surface area contributed by atoms with Crippen LogP contribution in [0.1, 0.15) is 6.92 Å². The maximum atomic E-state index is 10.0. The minimum absolute atomic E-state index is 0.303. The molecule has 0 aliphatic carbocycles. The maximum Gasteiger partial charge on any atom is 0.228 e. The Morgan fingerprint density at radius 3 is 2.10 bits per heavy atom. The summed E-state index contributed by atoms with van der Waals surface area (Å²) in [6.45, 7) is 1.25. The number of hydrogen-bond acceptors (Lipinski definition) is 6. The molecule has 1 rings (SSSR count). The fourth-order valence-corrected chi connectivity index (χ4v) is 1.70. The average Bonchev–Trinajstić information content (AvgIpc) is 2.50. The van der Waals surface area contributed by atoms with Gasteiger partial charge in [0.25, 0.3) is 0 Å². The van der Waals surface area contributed by atoms with Crippen molar-refractivity contribution in [3.05, 3.63) is 30.3 Å². The largest absolute Gasteiger partial charge is 0.462 e. The molecule has 0 heterocycles. The summed E-state index contributed by atoms with van der Waals surface area (Å²) in [6.07, 6.45) is -5.37. The van der Waals surface area contributed by atoms with Gasteiger partial charge in [-0.15, -0.1) is 0 Å². The van der Waals surface area contributed by atoms with Gasteiger partial charge >= 0.3 is 0 Å².